The Morgan fingerprint density at radius 2 is 1.54 bits per heavy atom. The van der Waals surface area contributed by atoms with Crippen molar-refractivity contribution < 1.29 is 9.90 Å². The van der Waals surface area contributed by atoms with Crippen LogP contribution in [-0.4, -0.2) is 37.3 Å². The first-order chi connectivity index (χ1) is 11.5. The Kier molecular flexibility index (Phi) is 4.34. The number of aromatic carboxylic acids is 1. The van der Waals surface area contributed by atoms with E-state index in [1.165, 1.54) is 11.3 Å². The molecular formula is C19H23N3O2. The number of aryl methyl sites for hydroxylation is 2. The van der Waals surface area contributed by atoms with E-state index >= 15 is 0 Å². The Labute approximate surface area is 142 Å². The first kappa shape index (κ1) is 16.2. The fourth-order valence-corrected chi connectivity index (χ4v) is 3.32. The number of benzene rings is 2. The fraction of sp³-hybridized carbons (Fsp3) is 0.316. The van der Waals surface area contributed by atoms with Gasteiger partial charge in [-0.25, -0.2) is 4.79 Å². The van der Waals surface area contributed by atoms with Gasteiger partial charge in [0.2, 0.25) is 0 Å². The summed E-state index contributed by atoms with van der Waals surface area (Å²) in [5, 5.41) is 9.20. The quantitative estimate of drug-likeness (QED) is 0.849. The van der Waals surface area contributed by atoms with Gasteiger partial charge in [0.25, 0.3) is 0 Å². The van der Waals surface area contributed by atoms with Gasteiger partial charge in [0.05, 0.1) is 16.9 Å². The standard InChI is InChI=1S/C19H23N3O2/c1-13-5-3-4-6-17(13)21-7-9-22(10-8-21)18-11-14(2)15(19(23)24)12-16(18)20/h3-6,11-12H,7-10,20H2,1-2H3,(H,23,24). The van der Waals surface area contributed by atoms with E-state index in [4.69, 9.17) is 5.73 Å². The van der Waals surface area contributed by atoms with E-state index in [1.807, 2.05) is 13.0 Å². The van der Waals surface area contributed by atoms with Crippen LogP contribution in [0, 0.1) is 13.8 Å². The maximum Gasteiger partial charge on any atom is 0.336 e. The van der Waals surface area contributed by atoms with E-state index in [1.54, 1.807) is 6.07 Å². The highest BCUT2D eigenvalue weighted by Gasteiger charge is 2.21. The summed E-state index contributed by atoms with van der Waals surface area (Å²) in [5.74, 6) is -0.935. The number of carbonyl (C=O) groups is 1. The Bertz CT molecular complexity index is 765. The molecule has 3 N–H and O–H groups in total. The maximum absolute atomic E-state index is 11.2. The highest BCUT2D eigenvalue weighted by atomic mass is 16.4. The Morgan fingerprint density at radius 1 is 0.958 bits per heavy atom. The maximum atomic E-state index is 11.2. The molecule has 0 unspecified atom stereocenters. The zero-order valence-electron chi connectivity index (χ0n) is 14.1. The van der Waals surface area contributed by atoms with Crippen molar-refractivity contribution in [2.75, 3.05) is 41.7 Å². The van der Waals surface area contributed by atoms with Crippen LogP contribution in [0.1, 0.15) is 21.5 Å². The van der Waals surface area contributed by atoms with Gasteiger partial charge in [0, 0.05) is 31.9 Å². The lowest BCUT2D eigenvalue weighted by Crippen LogP contribution is -2.47. The van der Waals surface area contributed by atoms with E-state index in [-0.39, 0.29) is 5.56 Å². The number of nitrogens with zero attached hydrogens (tertiary/aromatic N) is 2. The number of hydrogen-bond donors (Lipinski definition) is 2. The Morgan fingerprint density at radius 3 is 2.12 bits per heavy atom. The molecule has 24 heavy (non-hydrogen) atoms. The van der Waals surface area contributed by atoms with Gasteiger partial charge >= 0.3 is 5.97 Å². The molecule has 2 aromatic rings. The predicted octanol–water partition coefficient (Wildman–Crippen LogP) is 2.91. The highest BCUT2D eigenvalue weighted by molar-refractivity contribution is 5.92. The largest absolute Gasteiger partial charge is 0.478 e. The van der Waals surface area contributed by atoms with Gasteiger partial charge in [-0.2, -0.15) is 0 Å². The number of hydrogen-bond acceptors (Lipinski definition) is 4. The molecule has 0 saturated carbocycles. The van der Waals surface area contributed by atoms with Crippen LogP contribution in [0.5, 0.6) is 0 Å². The van der Waals surface area contributed by atoms with Crippen LogP contribution in [-0.2, 0) is 0 Å². The van der Waals surface area contributed by atoms with Crippen molar-refractivity contribution in [1.29, 1.82) is 0 Å². The highest BCUT2D eigenvalue weighted by Crippen LogP contribution is 2.29. The molecule has 1 fully saturated rings. The zero-order valence-corrected chi connectivity index (χ0v) is 14.1. The van der Waals surface area contributed by atoms with Crippen molar-refractivity contribution in [2.45, 2.75) is 13.8 Å². The normalized spacial score (nSPS) is 14.8. The van der Waals surface area contributed by atoms with Crippen LogP contribution in [0.15, 0.2) is 36.4 Å². The van der Waals surface area contributed by atoms with E-state index in [0.717, 1.165) is 37.4 Å². The molecule has 0 bridgehead atoms. The van der Waals surface area contributed by atoms with Crippen LogP contribution in [0.4, 0.5) is 17.1 Å². The summed E-state index contributed by atoms with van der Waals surface area (Å²) in [4.78, 5) is 15.8. The van der Waals surface area contributed by atoms with Crippen LogP contribution in [0.3, 0.4) is 0 Å². The Hall–Kier alpha value is -2.69. The number of carboxylic acids is 1. The van der Waals surface area contributed by atoms with Crippen molar-refractivity contribution in [1.82, 2.24) is 0 Å². The van der Waals surface area contributed by atoms with Gasteiger partial charge in [0.15, 0.2) is 0 Å². The first-order valence-corrected chi connectivity index (χ1v) is 8.16. The fourth-order valence-electron chi connectivity index (χ4n) is 3.32. The van der Waals surface area contributed by atoms with E-state index in [0.29, 0.717) is 5.69 Å². The summed E-state index contributed by atoms with van der Waals surface area (Å²) in [6.07, 6.45) is 0. The number of anilines is 3. The lowest BCUT2D eigenvalue weighted by Gasteiger charge is -2.38. The molecule has 0 radical (unpaired) electrons. The third kappa shape index (κ3) is 3.02. The van der Waals surface area contributed by atoms with Crippen molar-refractivity contribution in [3.63, 3.8) is 0 Å². The summed E-state index contributed by atoms with van der Waals surface area (Å²) in [6, 6.07) is 11.9. The topological polar surface area (TPSA) is 69.8 Å². The SMILES string of the molecule is Cc1cc(N2CCN(c3ccccc3C)CC2)c(N)cc1C(=O)O. The van der Waals surface area contributed by atoms with Crippen molar-refractivity contribution in [3.8, 4) is 0 Å². The molecule has 5 heteroatoms. The molecule has 1 heterocycles. The van der Waals surface area contributed by atoms with Gasteiger partial charge in [-0.05, 0) is 43.2 Å². The average molecular weight is 325 g/mol. The van der Waals surface area contributed by atoms with Crippen LogP contribution >= 0.6 is 0 Å². The molecule has 2 aromatic carbocycles. The molecule has 0 aromatic heterocycles. The summed E-state index contributed by atoms with van der Waals surface area (Å²) >= 11 is 0. The monoisotopic (exact) mass is 325 g/mol. The third-order valence-electron chi connectivity index (χ3n) is 4.68. The van der Waals surface area contributed by atoms with Crippen molar-refractivity contribution in [2.24, 2.45) is 0 Å². The van der Waals surface area contributed by atoms with E-state index in [2.05, 4.69) is 41.0 Å². The molecule has 1 saturated heterocycles. The summed E-state index contributed by atoms with van der Waals surface area (Å²) in [6.45, 7) is 7.52. The van der Waals surface area contributed by atoms with Gasteiger partial charge in [0.1, 0.15) is 0 Å². The second-order valence-electron chi connectivity index (χ2n) is 6.29. The molecule has 3 rings (SSSR count). The average Bonchev–Trinajstić information content (AvgIpc) is 2.57. The minimum absolute atomic E-state index is 0.273. The number of carboxylic acid groups (broad SMARTS) is 1. The second kappa shape index (κ2) is 6.43. The number of nitrogen functional groups attached to an aromatic ring is 1. The molecular weight excluding hydrogens is 302 g/mol. The van der Waals surface area contributed by atoms with E-state index in [9.17, 15) is 9.90 Å². The van der Waals surface area contributed by atoms with Crippen LogP contribution in [0.2, 0.25) is 0 Å². The molecule has 1 aliphatic rings. The van der Waals surface area contributed by atoms with Crippen molar-refractivity contribution >= 4 is 23.0 Å². The molecule has 0 atom stereocenters. The number of piperazine rings is 1. The van der Waals surface area contributed by atoms with Gasteiger partial charge in [-0.3, -0.25) is 0 Å². The predicted molar refractivity (Wildman–Crippen MR) is 98.2 cm³/mol. The first-order valence-electron chi connectivity index (χ1n) is 8.16. The molecule has 5 nitrogen and oxygen atoms in total. The molecule has 0 aliphatic carbocycles. The zero-order chi connectivity index (χ0) is 17.3. The van der Waals surface area contributed by atoms with Gasteiger partial charge < -0.3 is 20.6 Å². The summed E-state index contributed by atoms with van der Waals surface area (Å²) in [5.41, 5.74) is 11.2. The van der Waals surface area contributed by atoms with Gasteiger partial charge in [-0.15, -0.1) is 0 Å². The van der Waals surface area contributed by atoms with Gasteiger partial charge in [-0.1, -0.05) is 18.2 Å². The number of rotatable bonds is 3. The summed E-state index contributed by atoms with van der Waals surface area (Å²) in [7, 11) is 0. The molecule has 0 spiro atoms. The molecule has 0 amide bonds. The summed E-state index contributed by atoms with van der Waals surface area (Å²) < 4.78 is 0. The van der Waals surface area contributed by atoms with Crippen LogP contribution in [0.25, 0.3) is 0 Å². The van der Waals surface area contributed by atoms with Crippen LogP contribution < -0.4 is 15.5 Å². The second-order valence-corrected chi connectivity index (χ2v) is 6.29. The lowest BCUT2D eigenvalue weighted by atomic mass is 10.1. The third-order valence-corrected chi connectivity index (χ3v) is 4.68. The Balaban J connectivity index is 1.77. The van der Waals surface area contributed by atoms with Crippen molar-refractivity contribution in [3.05, 3.63) is 53.1 Å². The minimum atomic E-state index is -0.935. The minimum Gasteiger partial charge on any atom is -0.478 e. The number of nitrogens with two attached hydrogens (primary N) is 1. The molecule has 1 aliphatic heterocycles. The lowest BCUT2D eigenvalue weighted by molar-refractivity contribution is 0.0696. The molecule has 126 valence electrons. The number of para-hydroxylation sites is 1. The van der Waals surface area contributed by atoms with E-state index < -0.39 is 5.97 Å². The smallest absolute Gasteiger partial charge is 0.336 e.